The van der Waals surface area contributed by atoms with Crippen LogP contribution in [0.5, 0.6) is 0 Å². The summed E-state index contributed by atoms with van der Waals surface area (Å²) in [6, 6.07) is 20.4. The van der Waals surface area contributed by atoms with Crippen molar-refractivity contribution >= 4 is 11.8 Å². The van der Waals surface area contributed by atoms with Crippen molar-refractivity contribution in [1.29, 1.82) is 0 Å². The molecule has 0 aliphatic heterocycles. The fourth-order valence-corrected chi connectivity index (χ4v) is 3.44. The normalized spacial score (nSPS) is 11.8. The molecule has 2 amide bonds. The maximum atomic E-state index is 13.4. The SMILES string of the molecule is CC(C)C(=O)N(Cc1ccc(F)cc1)[C@H](Cc1ccccc1)C(=O)NCc1ccccn1. The van der Waals surface area contributed by atoms with Crippen LogP contribution in [0.2, 0.25) is 0 Å². The topological polar surface area (TPSA) is 62.3 Å². The van der Waals surface area contributed by atoms with Crippen molar-refractivity contribution in [1.82, 2.24) is 15.2 Å². The molecule has 32 heavy (non-hydrogen) atoms. The number of rotatable bonds is 9. The van der Waals surface area contributed by atoms with Crippen molar-refractivity contribution in [2.24, 2.45) is 5.92 Å². The first-order valence-electron chi connectivity index (χ1n) is 10.7. The third-order valence-corrected chi connectivity index (χ3v) is 5.16. The zero-order valence-electron chi connectivity index (χ0n) is 18.4. The molecule has 5 nitrogen and oxygen atoms in total. The smallest absolute Gasteiger partial charge is 0.243 e. The lowest BCUT2D eigenvalue weighted by atomic mass is 10.0. The third-order valence-electron chi connectivity index (χ3n) is 5.16. The van der Waals surface area contributed by atoms with Crippen molar-refractivity contribution < 1.29 is 14.0 Å². The highest BCUT2D eigenvalue weighted by atomic mass is 19.1. The second kappa shape index (κ2) is 11.2. The van der Waals surface area contributed by atoms with E-state index in [4.69, 9.17) is 0 Å². The van der Waals surface area contributed by atoms with Gasteiger partial charge >= 0.3 is 0 Å². The largest absolute Gasteiger partial charge is 0.349 e. The van der Waals surface area contributed by atoms with E-state index in [0.717, 1.165) is 16.8 Å². The van der Waals surface area contributed by atoms with Gasteiger partial charge in [0.25, 0.3) is 0 Å². The Kier molecular flexibility index (Phi) is 8.08. The van der Waals surface area contributed by atoms with E-state index >= 15 is 0 Å². The Morgan fingerprint density at radius 1 is 0.938 bits per heavy atom. The van der Waals surface area contributed by atoms with Crippen molar-refractivity contribution in [3.05, 3.63) is 102 Å². The highest BCUT2D eigenvalue weighted by Gasteiger charge is 2.31. The Hall–Kier alpha value is -3.54. The van der Waals surface area contributed by atoms with Gasteiger partial charge in [-0.1, -0.05) is 62.4 Å². The van der Waals surface area contributed by atoms with Crippen LogP contribution in [0, 0.1) is 11.7 Å². The van der Waals surface area contributed by atoms with E-state index in [2.05, 4.69) is 10.3 Å². The molecule has 0 bridgehead atoms. The number of halogens is 1. The van der Waals surface area contributed by atoms with Crippen LogP contribution in [-0.2, 0) is 29.1 Å². The van der Waals surface area contributed by atoms with Gasteiger partial charge in [0.1, 0.15) is 11.9 Å². The van der Waals surface area contributed by atoms with Gasteiger partial charge < -0.3 is 10.2 Å². The molecular weight excluding hydrogens is 405 g/mol. The molecule has 0 saturated heterocycles. The average molecular weight is 434 g/mol. The minimum absolute atomic E-state index is 0.136. The van der Waals surface area contributed by atoms with Crippen LogP contribution in [0.4, 0.5) is 4.39 Å². The maximum absolute atomic E-state index is 13.4. The van der Waals surface area contributed by atoms with Gasteiger partial charge in [0.15, 0.2) is 0 Å². The lowest BCUT2D eigenvalue weighted by molar-refractivity contribution is -0.143. The van der Waals surface area contributed by atoms with E-state index in [1.54, 1.807) is 23.2 Å². The molecule has 1 heterocycles. The molecule has 0 aliphatic rings. The first kappa shape index (κ1) is 23.1. The van der Waals surface area contributed by atoms with Gasteiger partial charge in [0, 0.05) is 25.1 Å². The van der Waals surface area contributed by atoms with Crippen LogP contribution in [0.25, 0.3) is 0 Å². The minimum Gasteiger partial charge on any atom is -0.349 e. The minimum atomic E-state index is -0.721. The number of hydrogen-bond donors (Lipinski definition) is 1. The zero-order chi connectivity index (χ0) is 22.9. The summed E-state index contributed by atoms with van der Waals surface area (Å²) in [7, 11) is 0. The van der Waals surface area contributed by atoms with Crippen LogP contribution >= 0.6 is 0 Å². The van der Waals surface area contributed by atoms with Crippen LogP contribution in [0.1, 0.15) is 30.7 Å². The van der Waals surface area contributed by atoms with Crippen LogP contribution in [0.3, 0.4) is 0 Å². The Morgan fingerprint density at radius 2 is 1.62 bits per heavy atom. The maximum Gasteiger partial charge on any atom is 0.243 e. The number of hydrogen-bond acceptors (Lipinski definition) is 3. The first-order valence-corrected chi connectivity index (χ1v) is 10.7. The molecule has 0 spiro atoms. The molecule has 166 valence electrons. The van der Waals surface area contributed by atoms with E-state index in [-0.39, 0.29) is 36.6 Å². The number of amides is 2. The summed E-state index contributed by atoms with van der Waals surface area (Å²) in [5.41, 5.74) is 2.45. The third kappa shape index (κ3) is 6.48. The second-order valence-corrected chi connectivity index (χ2v) is 7.99. The molecule has 3 rings (SSSR count). The van der Waals surface area contributed by atoms with Crippen LogP contribution < -0.4 is 5.32 Å². The van der Waals surface area contributed by atoms with Gasteiger partial charge in [0.2, 0.25) is 11.8 Å². The summed E-state index contributed by atoms with van der Waals surface area (Å²) in [6.07, 6.45) is 2.04. The van der Waals surface area contributed by atoms with Crippen LogP contribution in [-0.4, -0.2) is 27.7 Å². The number of benzene rings is 2. The highest BCUT2D eigenvalue weighted by Crippen LogP contribution is 2.18. The molecule has 1 N–H and O–H groups in total. The molecule has 0 unspecified atom stereocenters. The van der Waals surface area contributed by atoms with Gasteiger partial charge in [-0.15, -0.1) is 0 Å². The standard InChI is InChI=1S/C26H28FN3O2/c1-19(2)26(32)30(18-21-11-13-22(27)14-12-21)24(16-20-8-4-3-5-9-20)25(31)29-17-23-10-6-7-15-28-23/h3-15,19,24H,16-18H2,1-2H3,(H,29,31)/t24-/m1/s1. The summed E-state index contributed by atoms with van der Waals surface area (Å²) in [4.78, 5) is 32.4. The molecule has 3 aromatic rings. The van der Waals surface area contributed by atoms with Gasteiger partial charge in [-0.25, -0.2) is 4.39 Å². The summed E-state index contributed by atoms with van der Waals surface area (Å²) >= 11 is 0. The van der Waals surface area contributed by atoms with E-state index in [1.165, 1.54) is 12.1 Å². The van der Waals surface area contributed by atoms with E-state index in [1.807, 2.05) is 62.4 Å². The second-order valence-electron chi connectivity index (χ2n) is 7.99. The van der Waals surface area contributed by atoms with Crippen molar-refractivity contribution in [3.8, 4) is 0 Å². The summed E-state index contributed by atoms with van der Waals surface area (Å²) in [6.45, 7) is 4.10. The number of aromatic nitrogens is 1. The lowest BCUT2D eigenvalue weighted by Gasteiger charge is -2.32. The molecule has 1 aromatic heterocycles. The predicted molar refractivity (Wildman–Crippen MR) is 122 cm³/mol. The van der Waals surface area contributed by atoms with Gasteiger partial charge in [-0.2, -0.15) is 0 Å². The summed E-state index contributed by atoms with van der Waals surface area (Å²) < 4.78 is 13.4. The molecule has 0 saturated carbocycles. The lowest BCUT2D eigenvalue weighted by Crippen LogP contribution is -2.51. The molecule has 0 radical (unpaired) electrons. The number of carbonyl (C=O) groups excluding carboxylic acids is 2. The van der Waals surface area contributed by atoms with E-state index in [9.17, 15) is 14.0 Å². The highest BCUT2D eigenvalue weighted by molar-refractivity contribution is 5.88. The Balaban J connectivity index is 1.89. The molecular formula is C26H28FN3O2. The number of nitrogens with one attached hydrogen (secondary N) is 1. The summed E-state index contributed by atoms with van der Waals surface area (Å²) in [5.74, 6) is -1.03. The van der Waals surface area contributed by atoms with Crippen molar-refractivity contribution in [2.75, 3.05) is 0 Å². The zero-order valence-corrected chi connectivity index (χ0v) is 18.4. The number of nitrogens with zero attached hydrogens (tertiary/aromatic N) is 2. The molecule has 2 aromatic carbocycles. The Bertz CT molecular complexity index is 1010. The molecule has 0 aliphatic carbocycles. The Labute approximate surface area is 188 Å². The fraction of sp³-hybridized carbons (Fsp3) is 0.269. The molecule has 0 fully saturated rings. The van der Waals surface area contributed by atoms with Gasteiger partial charge in [0.05, 0.1) is 12.2 Å². The van der Waals surface area contributed by atoms with E-state index < -0.39 is 6.04 Å². The quantitative estimate of drug-likeness (QED) is 0.552. The first-order chi connectivity index (χ1) is 15.4. The fourth-order valence-electron chi connectivity index (χ4n) is 3.44. The summed E-state index contributed by atoms with van der Waals surface area (Å²) in [5, 5.41) is 2.93. The monoisotopic (exact) mass is 433 g/mol. The average Bonchev–Trinajstić information content (AvgIpc) is 2.81. The van der Waals surface area contributed by atoms with E-state index in [0.29, 0.717) is 6.42 Å². The molecule has 6 heteroatoms. The van der Waals surface area contributed by atoms with Crippen LogP contribution in [0.15, 0.2) is 79.0 Å². The number of carbonyl (C=O) groups is 2. The molecule has 1 atom stereocenters. The van der Waals surface area contributed by atoms with Gasteiger partial charge in [-0.05, 0) is 35.4 Å². The Morgan fingerprint density at radius 3 is 2.25 bits per heavy atom. The van der Waals surface area contributed by atoms with Crippen molar-refractivity contribution in [3.63, 3.8) is 0 Å². The number of pyridine rings is 1. The van der Waals surface area contributed by atoms with Crippen molar-refractivity contribution in [2.45, 2.75) is 39.4 Å². The van der Waals surface area contributed by atoms with Gasteiger partial charge in [-0.3, -0.25) is 14.6 Å². The predicted octanol–water partition coefficient (Wildman–Crippen LogP) is 4.13.